The average Bonchev–Trinajstić information content (AvgIpc) is 2.32. The van der Waals surface area contributed by atoms with Crippen LogP contribution in [-0.4, -0.2) is 9.97 Å². The van der Waals surface area contributed by atoms with Crippen LogP contribution in [0.3, 0.4) is 0 Å². The molecule has 0 unspecified atom stereocenters. The van der Waals surface area contributed by atoms with Crippen LogP contribution in [0.5, 0.6) is 0 Å². The summed E-state index contributed by atoms with van der Waals surface area (Å²) in [4.78, 5) is 7.91. The van der Waals surface area contributed by atoms with Crippen LogP contribution in [0, 0.1) is 25.4 Å². The number of rotatable bonds is 1. The van der Waals surface area contributed by atoms with E-state index in [1.165, 1.54) is 22.3 Å². The summed E-state index contributed by atoms with van der Waals surface area (Å²) in [6.45, 7) is 12.8. The second kappa shape index (κ2) is 5.13. The first kappa shape index (κ1) is 14.9. The molecular weight excluding hydrogens is 264 g/mol. The van der Waals surface area contributed by atoms with Gasteiger partial charge in [0, 0.05) is 16.7 Å². The molecule has 2 nitrogen and oxygen atoms in total. The molecule has 0 aliphatic rings. The molecule has 0 radical (unpaired) electrons. The van der Waals surface area contributed by atoms with Gasteiger partial charge < -0.3 is 4.98 Å². The van der Waals surface area contributed by atoms with Gasteiger partial charge in [0.05, 0.1) is 0 Å². The molecule has 0 aliphatic heterocycles. The highest BCUT2D eigenvalue weighted by molar-refractivity contribution is 7.71. The Balaban J connectivity index is 2.68. The largest absolute Gasteiger partial charge is 0.343 e. The van der Waals surface area contributed by atoms with Crippen molar-refractivity contribution in [1.29, 1.82) is 0 Å². The molecule has 1 aromatic carbocycles. The van der Waals surface area contributed by atoms with Gasteiger partial charge in [0.25, 0.3) is 0 Å². The lowest BCUT2D eigenvalue weighted by atomic mass is 9.94. The molecule has 0 saturated heterocycles. The van der Waals surface area contributed by atoms with Gasteiger partial charge in [-0.15, -0.1) is 0 Å². The molecule has 1 aromatic heterocycles. The SMILES string of the molecule is Cc1cc(C)c(-c2cc(=S)nc(C(C)(C)C)[nH]2)cc1C. The van der Waals surface area contributed by atoms with Crippen LogP contribution in [0.2, 0.25) is 0 Å². The zero-order valence-corrected chi connectivity index (χ0v) is 13.9. The van der Waals surface area contributed by atoms with Crippen molar-refractivity contribution >= 4 is 12.2 Å². The summed E-state index contributed by atoms with van der Waals surface area (Å²) in [5.74, 6) is 0.928. The Morgan fingerprint density at radius 1 is 0.950 bits per heavy atom. The summed E-state index contributed by atoms with van der Waals surface area (Å²) in [6.07, 6.45) is 0. The van der Waals surface area contributed by atoms with E-state index in [1.54, 1.807) is 0 Å². The van der Waals surface area contributed by atoms with E-state index in [4.69, 9.17) is 12.2 Å². The Hall–Kier alpha value is -1.48. The summed E-state index contributed by atoms with van der Waals surface area (Å²) in [6, 6.07) is 6.39. The minimum absolute atomic E-state index is 0.0444. The van der Waals surface area contributed by atoms with Crippen molar-refractivity contribution in [2.24, 2.45) is 0 Å². The quantitative estimate of drug-likeness (QED) is 0.745. The van der Waals surface area contributed by atoms with E-state index in [2.05, 4.69) is 63.6 Å². The van der Waals surface area contributed by atoms with Crippen LogP contribution in [0.1, 0.15) is 43.3 Å². The van der Waals surface area contributed by atoms with E-state index in [1.807, 2.05) is 6.07 Å². The van der Waals surface area contributed by atoms with E-state index in [9.17, 15) is 0 Å². The molecule has 0 amide bonds. The van der Waals surface area contributed by atoms with E-state index in [0.29, 0.717) is 4.64 Å². The highest BCUT2D eigenvalue weighted by Gasteiger charge is 2.17. The summed E-state index contributed by atoms with van der Waals surface area (Å²) < 4.78 is 0.640. The van der Waals surface area contributed by atoms with Crippen molar-refractivity contribution in [2.75, 3.05) is 0 Å². The molecule has 0 atom stereocenters. The van der Waals surface area contributed by atoms with Gasteiger partial charge in [0.2, 0.25) is 0 Å². The predicted octanol–water partition coefficient (Wildman–Crippen LogP) is 5.03. The molecule has 3 heteroatoms. The van der Waals surface area contributed by atoms with Gasteiger partial charge in [-0.1, -0.05) is 39.1 Å². The zero-order valence-electron chi connectivity index (χ0n) is 13.1. The third-order valence-corrected chi connectivity index (χ3v) is 3.79. The van der Waals surface area contributed by atoms with Crippen LogP contribution in [-0.2, 0) is 5.41 Å². The highest BCUT2D eigenvalue weighted by atomic mass is 32.1. The molecular formula is C17H22N2S. The topological polar surface area (TPSA) is 28.7 Å². The molecule has 0 fully saturated rings. The summed E-state index contributed by atoms with van der Waals surface area (Å²) >= 11 is 5.33. The number of benzene rings is 1. The van der Waals surface area contributed by atoms with Gasteiger partial charge in [-0.25, -0.2) is 4.98 Å². The number of H-pyrrole nitrogens is 1. The predicted molar refractivity (Wildman–Crippen MR) is 87.8 cm³/mol. The fourth-order valence-corrected chi connectivity index (χ4v) is 2.42. The average molecular weight is 286 g/mol. The fraction of sp³-hybridized carbons (Fsp3) is 0.412. The minimum Gasteiger partial charge on any atom is -0.343 e. The standard InChI is InChI=1S/C17H22N2S/c1-10-7-12(3)13(8-11(10)2)14-9-15(20)19-16(18-14)17(4,5)6/h7-9H,1-6H3,(H,18,19,20). The van der Waals surface area contributed by atoms with Gasteiger partial charge in [-0.3, -0.25) is 0 Å². The second-order valence-electron chi connectivity index (χ2n) is 6.48. The van der Waals surface area contributed by atoms with Gasteiger partial charge in [-0.05, 0) is 49.6 Å². The first-order valence-corrected chi connectivity index (χ1v) is 7.29. The number of hydrogen-bond donors (Lipinski definition) is 1. The molecule has 0 saturated carbocycles. The molecule has 106 valence electrons. The Labute approximate surface area is 126 Å². The monoisotopic (exact) mass is 286 g/mol. The molecule has 0 bridgehead atoms. The van der Waals surface area contributed by atoms with Crippen LogP contribution in [0.25, 0.3) is 11.3 Å². The molecule has 0 aliphatic carbocycles. The third kappa shape index (κ3) is 2.98. The van der Waals surface area contributed by atoms with Gasteiger partial charge in [-0.2, -0.15) is 0 Å². The maximum absolute atomic E-state index is 5.33. The third-order valence-electron chi connectivity index (χ3n) is 3.58. The normalized spacial score (nSPS) is 11.7. The summed E-state index contributed by atoms with van der Waals surface area (Å²) in [5, 5.41) is 0. The van der Waals surface area contributed by atoms with E-state index in [0.717, 1.165) is 11.5 Å². The number of aromatic amines is 1. The highest BCUT2D eigenvalue weighted by Crippen LogP contribution is 2.27. The number of aromatic nitrogens is 2. The van der Waals surface area contributed by atoms with Crippen LogP contribution < -0.4 is 0 Å². The minimum atomic E-state index is -0.0444. The molecule has 0 spiro atoms. The number of hydrogen-bond acceptors (Lipinski definition) is 2. The van der Waals surface area contributed by atoms with Crippen molar-refractivity contribution in [3.05, 3.63) is 45.4 Å². The van der Waals surface area contributed by atoms with Gasteiger partial charge in [0.15, 0.2) is 0 Å². The molecule has 1 heterocycles. The second-order valence-corrected chi connectivity index (χ2v) is 6.90. The van der Waals surface area contributed by atoms with E-state index < -0.39 is 0 Å². The molecule has 20 heavy (non-hydrogen) atoms. The lowest BCUT2D eigenvalue weighted by Crippen LogP contribution is -2.16. The smallest absolute Gasteiger partial charge is 0.130 e. The zero-order chi connectivity index (χ0) is 15.1. The lowest BCUT2D eigenvalue weighted by molar-refractivity contribution is 0.545. The van der Waals surface area contributed by atoms with Crippen LogP contribution in [0.4, 0.5) is 0 Å². The Bertz CT molecular complexity index is 706. The lowest BCUT2D eigenvalue weighted by Gasteiger charge is -2.19. The Morgan fingerprint density at radius 2 is 1.55 bits per heavy atom. The van der Waals surface area contributed by atoms with E-state index >= 15 is 0 Å². The first-order valence-electron chi connectivity index (χ1n) is 6.88. The Morgan fingerprint density at radius 3 is 2.15 bits per heavy atom. The van der Waals surface area contributed by atoms with Crippen molar-refractivity contribution in [3.8, 4) is 11.3 Å². The number of nitrogens with zero attached hydrogens (tertiary/aromatic N) is 1. The van der Waals surface area contributed by atoms with Gasteiger partial charge in [0.1, 0.15) is 10.5 Å². The molecule has 1 N–H and O–H groups in total. The van der Waals surface area contributed by atoms with Crippen LogP contribution in [0.15, 0.2) is 18.2 Å². The number of nitrogens with one attached hydrogen (secondary N) is 1. The van der Waals surface area contributed by atoms with Gasteiger partial charge >= 0.3 is 0 Å². The van der Waals surface area contributed by atoms with Crippen LogP contribution >= 0.6 is 12.2 Å². The maximum atomic E-state index is 5.33. The Kier molecular flexibility index (Phi) is 3.83. The first-order chi connectivity index (χ1) is 9.18. The van der Waals surface area contributed by atoms with E-state index in [-0.39, 0.29) is 5.41 Å². The number of aryl methyl sites for hydroxylation is 3. The van der Waals surface area contributed by atoms with Crippen molar-refractivity contribution < 1.29 is 0 Å². The van der Waals surface area contributed by atoms with Crippen molar-refractivity contribution in [1.82, 2.24) is 9.97 Å². The van der Waals surface area contributed by atoms with Crippen molar-refractivity contribution in [2.45, 2.75) is 47.0 Å². The summed E-state index contributed by atoms with van der Waals surface area (Å²) in [5.41, 5.74) is 6.07. The summed E-state index contributed by atoms with van der Waals surface area (Å²) in [7, 11) is 0. The molecule has 2 aromatic rings. The maximum Gasteiger partial charge on any atom is 0.130 e. The fourth-order valence-electron chi connectivity index (χ4n) is 2.21. The van der Waals surface area contributed by atoms with Crippen molar-refractivity contribution in [3.63, 3.8) is 0 Å². The molecule has 2 rings (SSSR count).